The molecule has 1 heterocycles. The number of aliphatic imine (C=N–C) groups is 1. The number of nitrogens with one attached hydrogen (secondary N) is 2. The average Bonchev–Trinajstić information content (AvgIpc) is 2.99. The molecular weight excluding hydrogens is 335 g/mol. The van der Waals surface area contributed by atoms with Crippen molar-refractivity contribution in [2.75, 3.05) is 20.2 Å². The Morgan fingerprint density at radius 2 is 2.08 bits per heavy atom. The van der Waals surface area contributed by atoms with Crippen molar-refractivity contribution < 1.29 is 17.9 Å². The van der Waals surface area contributed by atoms with E-state index in [1.807, 2.05) is 13.1 Å². The molecule has 25 heavy (non-hydrogen) atoms. The van der Waals surface area contributed by atoms with Crippen LogP contribution in [0, 0.1) is 0 Å². The lowest BCUT2D eigenvalue weighted by Crippen LogP contribution is -2.39. The monoisotopic (exact) mass is 355 g/mol. The maximum absolute atomic E-state index is 12.6. The highest BCUT2D eigenvalue weighted by molar-refractivity contribution is 5.79. The Morgan fingerprint density at radius 3 is 2.72 bits per heavy atom. The van der Waals surface area contributed by atoms with Gasteiger partial charge in [0.2, 0.25) is 0 Å². The van der Waals surface area contributed by atoms with Gasteiger partial charge in [0.25, 0.3) is 0 Å². The molecule has 2 N–H and O–H groups in total. The number of aromatic nitrogens is 2. The van der Waals surface area contributed by atoms with Gasteiger partial charge in [-0.1, -0.05) is 6.07 Å². The van der Waals surface area contributed by atoms with Crippen molar-refractivity contribution in [2.45, 2.75) is 12.7 Å². The van der Waals surface area contributed by atoms with Gasteiger partial charge in [-0.05, 0) is 24.3 Å². The number of hydrogen-bond acceptors (Lipinski definition) is 3. The largest absolute Gasteiger partial charge is 0.492 e. The number of nitrogens with zero attached hydrogens (tertiary/aromatic N) is 3. The zero-order valence-electron chi connectivity index (χ0n) is 14.0. The summed E-state index contributed by atoms with van der Waals surface area (Å²) in [6, 6.07) is 6.69. The molecule has 0 saturated heterocycles. The first-order valence-corrected chi connectivity index (χ1v) is 7.61. The van der Waals surface area contributed by atoms with E-state index in [0.717, 1.165) is 17.8 Å². The molecule has 2 rings (SSSR count). The van der Waals surface area contributed by atoms with E-state index in [1.165, 1.54) is 12.1 Å². The minimum absolute atomic E-state index is 0.175. The summed E-state index contributed by atoms with van der Waals surface area (Å²) in [4.78, 5) is 4.07. The smallest absolute Gasteiger partial charge is 0.416 e. The molecule has 0 fully saturated rings. The molecule has 0 amide bonds. The topological polar surface area (TPSA) is 63.5 Å². The third kappa shape index (κ3) is 5.70. The molecule has 0 aliphatic carbocycles. The van der Waals surface area contributed by atoms with Gasteiger partial charge in [0.05, 0.1) is 24.3 Å². The molecule has 0 atom stereocenters. The van der Waals surface area contributed by atoms with E-state index in [4.69, 9.17) is 4.74 Å². The van der Waals surface area contributed by atoms with Crippen LogP contribution in [0.4, 0.5) is 13.2 Å². The fourth-order valence-corrected chi connectivity index (χ4v) is 2.07. The maximum atomic E-state index is 12.6. The first-order chi connectivity index (χ1) is 11.9. The zero-order valence-corrected chi connectivity index (χ0v) is 14.0. The normalized spacial score (nSPS) is 12.1. The van der Waals surface area contributed by atoms with Crippen LogP contribution in [0.3, 0.4) is 0 Å². The number of ether oxygens (including phenoxy) is 1. The fraction of sp³-hybridized carbons (Fsp3) is 0.375. The lowest BCUT2D eigenvalue weighted by Gasteiger charge is -2.13. The average molecular weight is 355 g/mol. The van der Waals surface area contributed by atoms with Crippen molar-refractivity contribution in [3.8, 4) is 5.75 Å². The van der Waals surface area contributed by atoms with Crippen molar-refractivity contribution >= 4 is 5.96 Å². The van der Waals surface area contributed by atoms with Gasteiger partial charge in [0.15, 0.2) is 5.96 Å². The highest BCUT2D eigenvalue weighted by Crippen LogP contribution is 2.31. The molecule has 0 unspecified atom stereocenters. The molecule has 1 aromatic carbocycles. The van der Waals surface area contributed by atoms with Crippen LogP contribution in [-0.2, 0) is 19.8 Å². The van der Waals surface area contributed by atoms with Gasteiger partial charge in [-0.3, -0.25) is 9.67 Å². The number of rotatable bonds is 6. The maximum Gasteiger partial charge on any atom is 0.416 e. The first kappa shape index (κ1) is 18.6. The molecule has 6 nitrogen and oxygen atoms in total. The molecule has 0 bridgehead atoms. The highest BCUT2D eigenvalue weighted by Gasteiger charge is 2.30. The van der Waals surface area contributed by atoms with Crippen molar-refractivity contribution in [1.29, 1.82) is 0 Å². The molecule has 1 aromatic heterocycles. The van der Waals surface area contributed by atoms with Crippen LogP contribution >= 0.6 is 0 Å². The van der Waals surface area contributed by atoms with Gasteiger partial charge >= 0.3 is 6.18 Å². The van der Waals surface area contributed by atoms with Crippen molar-refractivity contribution in [3.05, 3.63) is 47.8 Å². The number of hydrogen-bond donors (Lipinski definition) is 2. The summed E-state index contributed by atoms with van der Waals surface area (Å²) >= 11 is 0. The number of aryl methyl sites for hydroxylation is 1. The molecular formula is C16H20F3N5O. The van der Waals surface area contributed by atoms with E-state index in [0.29, 0.717) is 19.0 Å². The predicted molar refractivity (Wildman–Crippen MR) is 88.3 cm³/mol. The first-order valence-electron chi connectivity index (χ1n) is 7.61. The van der Waals surface area contributed by atoms with E-state index in [-0.39, 0.29) is 12.4 Å². The van der Waals surface area contributed by atoms with Gasteiger partial charge in [0, 0.05) is 20.3 Å². The summed E-state index contributed by atoms with van der Waals surface area (Å²) in [6.07, 6.45) is -2.68. The summed E-state index contributed by atoms with van der Waals surface area (Å²) in [7, 11) is 3.47. The van der Waals surface area contributed by atoms with Crippen LogP contribution in [0.15, 0.2) is 41.5 Å². The van der Waals surface area contributed by atoms with Crippen LogP contribution in [0.5, 0.6) is 5.75 Å². The van der Waals surface area contributed by atoms with E-state index in [2.05, 4.69) is 20.7 Å². The number of alkyl halides is 3. The Labute approximate surface area is 143 Å². The summed E-state index contributed by atoms with van der Waals surface area (Å²) < 4.78 is 45.0. The Balaban J connectivity index is 1.75. The number of halogens is 3. The van der Waals surface area contributed by atoms with Crippen LogP contribution in [-0.4, -0.2) is 35.9 Å². The van der Waals surface area contributed by atoms with Gasteiger partial charge in [-0.2, -0.15) is 18.3 Å². The Bertz CT molecular complexity index is 712. The molecule has 2 aromatic rings. The van der Waals surface area contributed by atoms with Crippen molar-refractivity contribution in [3.63, 3.8) is 0 Å². The van der Waals surface area contributed by atoms with E-state index < -0.39 is 11.7 Å². The second kappa shape index (κ2) is 8.41. The highest BCUT2D eigenvalue weighted by atomic mass is 19.4. The summed E-state index contributed by atoms with van der Waals surface area (Å²) in [5.41, 5.74) is 0.259. The Morgan fingerprint density at radius 1 is 1.28 bits per heavy atom. The molecule has 0 saturated carbocycles. The van der Waals surface area contributed by atoms with Crippen LogP contribution in [0.25, 0.3) is 0 Å². The molecule has 0 radical (unpaired) electrons. The van der Waals surface area contributed by atoms with Gasteiger partial charge in [-0.25, -0.2) is 0 Å². The van der Waals surface area contributed by atoms with Gasteiger partial charge in [0.1, 0.15) is 12.4 Å². The molecule has 0 aliphatic heterocycles. The molecule has 0 aliphatic rings. The number of guanidine groups is 1. The lowest BCUT2D eigenvalue weighted by molar-refractivity contribution is -0.137. The lowest BCUT2D eigenvalue weighted by atomic mass is 10.2. The summed E-state index contributed by atoms with van der Waals surface area (Å²) in [5, 5.41) is 10.2. The van der Waals surface area contributed by atoms with Crippen molar-refractivity contribution in [1.82, 2.24) is 20.4 Å². The molecule has 0 spiro atoms. The van der Waals surface area contributed by atoms with Crippen molar-refractivity contribution in [2.24, 2.45) is 12.0 Å². The van der Waals surface area contributed by atoms with E-state index in [1.54, 1.807) is 17.9 Å². The minimum Gasteiger partial charge on any atom is -0.492 e. The van der Waals surface area contributed by atoms with E-state index >= 15 is 0 Å². The van der Waals surface area contributed by atoms with Gasteiger partial charge < -0.3 is 15.4 Å². The van der Waals surface area contributed by atoms with Crippen LogP contribution in [0.1, 0.15) is 11.3 Å². The fourth-order valence-electron chi connectivity index (χ4n) is 2.07. The number of benzene rings is 1. The Hall–Kier alpha value is -2.71. The summed E-state index contributed by atoms with van der Waals surface area (Å²) in [5.74, 6) is 0.739. The predicted octanol–water partition coefficient (Wildman–Crippen LogP) is 2.18. The third-order valence-corrected chi connectivity index (χ3v) is 3.41. The van der Waals surface area contributed by atoms with E-state index in [9.17, 15) is 13.2 Å². The quantitative estimate of drug-likeness (QED) is 0.474. The Kier molecular flexibility index (Phi) is 6.26. The zero-order chi connectivity index (χ0) is 18.3. The van der Waals surface area contributed by atoms with Crippen LogP contribution in [0.2, 0.25) is 0 Å². The van der Waals surface area contributed by atoms with Gasteiger partial charge in [-0.15, -0.1) is 0 Å². The second-order valence-corrected chi connectivity index (χ2v) is 5.17. The molecule has 9 heteroatoms. The SMILES string of the molecule is CN=C(NCCOc1cccc(C(F)(F)F)c1)NCc1ccnn1C. The standard InChI is InChI=1S/C16H20F3N5O/c1-20-15(22-11-13-6-7-23-24(13)2)21-8-9-25-14-5-3-4-12(10-14)16(17,18)19/h3-7,10H,8-9,11H2,1-2H3,(H2,20,21,22). The van der Waals surface area contributed by atoms with Crippen LogP contribution < -0.4 is 15.4 Å². The second-order valence-electron chi connectivity index (χ2n) is 5.17. The molecule has 136 valence electrons. The minimum atomic E-state index is -4.38. The summed E-state index contributed by atoms with van der Waals surface area (Å²) in [6.45, 7) is 1.14. The third-order valence-electron chi connectivity index (χ3n) is 3.41.